The van der Waals surface area contributed by atoms with Crippen molar-refractivity contribution >= 4 is 35.8 Å². The number of nitrogens with zero attached hydrogens (tertiary/aromatic N) is 5. The van der Waals surface area contributed by atoms with Crippen molar-refractivity contribution in [3.8, 4) is 0 Å². The predicted molar refractivity (Wildman–Crippen MR) is 138 cm³/mol. The molecule has 0 unspecified atom stereocenters. The predicted octanol–water partition coefficient (Wildman–Crippen LogP) is 3.61. The van der Waals surface area contributed by atoms with Crippen molar-refractivity contribution in [2.24, 2.45) is 12.0 Å². The second kappa shape index (κ2) is 13.3. The number of halogens is 1. The first-order valence-electron chi connectivity index (χ1n) is 10.7. The van der Waals surface area contributed by atoms with Gasteiger partial charge in [0.25, 0.3) is 0 Å². The zero-order valence-corrected chi connectivity index (χ0v) is 22.0. The van der Waals surface area contributed by atoms with Gasteiger partial charge in [0.15, 0.2) is 5.96 Å². The topological polar surface area (TPSA) is 65.8 Å². The fourth-order valence-electron chi connectivity index (χ4n) is 3.39. The van der Waals surface area contributed by atoms with Crippen LogP contribution in [0.2, 0.25) is 0 Å². The number of nitrogens with one attached hydrogen (secondary N) is 1. The highest BCUT2D eigenvalue weighted by Crippen LogP contribution is 2.18. The molecule has 1 aromatic heterocycles. The number of carbonyl (C=O) groups excluding carboxylic acids is 1. The lowest BCUT2D eigenvalue weighted by Crippen LogP contribution is -2.40. The molecule has 2 rings (SSSR count). The Morgan fingerprint density at radius 1 is 1.19 bits per heavy atom. The molecule has 1 aromatic carbocycles. The summed E-state index contributed by atoms with van der Waals surface area (Å²) in [6.45, 7) is 11.1. The molecule has 0 spiro atoms. The van der Waals surface area contributed by atoms with Gasteiger partial charge in [-0.3, -0.25) is 9.48 Å². The van der Waals surface area contributed by atoms with Crippen LogP contribution in [0.4, 0.5) is 0 Å². The number of amides is 1. The van der Waals surface area contributed by atoms with Crippen LogP contribution in [0.5, 0.6) is 0 Å². The van der Waals surface area contributed by atoms with Gasteiger partial charge < -0.3 is 15.1 Å². The van der Waals surface area contributed by atoms with Gasteiger partial charge in [-0.1, -0.05) is 44.2 Å². The lowest BCUT2D eigenvalue weighted by atomic mass is 10.1. The molecule has 8 heteroatoms. The number of aliphatic imine (C=N–C) groups is 1. The molecule has 0 aliphatic heterocycles. The van der Waals surface area contributed by atoms with Crippen molar-refractivity contribution in [3.05, 3.63) is 53.3 Å². The Morgan fingerprint density at radius 2 is 1.87 bits per heavy atom. The molecular formula is C23H37IN6O. The minimum absolute atomic E-state index is 0. The summed E-state index contributed by atoms with van der Waals surface area (Å²) in [5.74, 6) is 1.10. The highest BCUT2D eigenvalue weighted by molar-refractivity contribution is 14.0. The van der Waals surface area contributed by atoms with Gasteiger partial charge in [-0.25, -0.2) is 4.99 Å². The van der Waals surface area contributed by atoms with Gasteiger partial charge in [-0.15, -0.1) is 24.0 Å². The van der Waals surface area contributed by atoms with E-state index in [1.54, 1.807) is 0 Å². The molecule has 2 aromatic rings. The summed E-state index contributed by atoms with van der Waals surface area (Å²) < 4.78 is 1.86. The fraction of sp³-hybridized carbons (Fsp3) is 0.522. The van der Waals surface area contributed by atoms with Crippen molar-refractivity contribution in [2.75, 3.05) is 26.7 Å². The average Bonchev–Trinajstić information content (AvgIpc) is 3.10. The molecule has 172 valence electrons. The standard InChI is InChI=1S/C23H36N6O.HI/c1-7-24-23(27(5)16-20-17-28(6)26-22(20)18(3)4)25-14-21(30)29(8-2)15-19-12-10-9-11-13-19;/h9-13,17-18H,7-8,14-16H2,1-6H3,(H,24,25);1H. The first kappa shape index (κ1) is 26.9. The summed E-state index contributed by atoms with van der Waals surface area (Å²) in [6, 6.07) is 10.0. The normalized spacial score (nSPS) is 11.3. The number of rotatable bonds is 9. The van der Waals surface area contributed by atoms with E-state index in [0.717, 1.165) is 23.8 Å². The van der Waals surface area contributed by atoms with E-state index >= 15 is 0 Å². The molecule has 1 heterocycles. The summed E-state index contributed by atoms with van der Waals surface area (Å²) in [5, 5.41) is 7.88. The van der Waals surface area contributed by atoms with E-state index in [1.807, 2.05) is 72.8 Å². The summed E-state index contributed by atoms with van der Waals surface area (Å²) in [4.78, 5) is 21.3. The fourth-order valence-corrected chi connectivity index (χ4v) is 3.39. The third-order valence-corrected chi connectivity index (χ3v) is 4.90. The Morgan fingerprint density at radius 3 is 2.45 bits per heavy atom. The van der Waals surface area contributed by atoms with Crippen molar-refractivity contribution in [2.45, 2.75) is 46.7 Å². The molecule has 7 nitrogen and oxygen atoms in total. The van der Waals surface area contributed by atoms with Gasteiger partial charge in [0, 0.05) is 52.0 Å². The van der Waals surface area contributed by atoms with Crippen LogP contribution >= 0.6 is 24.0 Å². The van der Waals surface area contributed by atoms with Crippen LogP contribution in [0.25, 0.3) is 0 Å². The molecular weight excluding hydrogens is 503 g/mol. The van der Waals surface area contributed by atoms with E-state index in [1.165, 1.54) is 5.56 Å². The van der Waals surface area contributed by atoms with Crippen LogP contribution in [0.3, 0.4) is 0 Å². The number of hydrogen-bond donors (Lipinski definition) is 1. The van der Waals surface area contributed by atoms with Crippen molar-refractivity contribution < 1.29 is 4.79 Å². The summed E-state index contributed by atoms with van der Waals surface area (Å²) in [7, 11) is 3.93. The van der Waals surface area contributed by atoms with Gasteiger partial charge in [-0.05, 0) is 25.3 Å². The van der Waals surface area contributed by atoms with Crippen LogP contribution in [-0.2, 0) is 24.9 Å². The average molecular weight is 540 g/mol. The minimum atomic E-state index is 0. The third kappa shape index (κ3) is 8.16. The van der Waals surface area contributed by atoms with E-state index in [-0.39, 0.29) is 36.4 Å². The molecule has 31 heavy (non-hydrogen) atoms. The lowest BCUT2D eigenvalue weighted by molar-refractivity contribution is -0.130. The first-order valence-corrected chi connectivity index (χ1v) is 10.7. The molecule has 0 bridgehead atoms. The highest BCUT2D eigenvalue weighted by Gasteiger charge is 2.16. The monoisotopic (exact) mass is 540 g/mol. The van der Waals surface area contributed by atoms with Crippen molar-refractivity contribution in [3.63, 3.8) is 0 Å². The lowest BCUT2D eigenvalue weighted by Gasteiger charge is -2.24. The number of carbonyl (C=O) groups is 1. The Hall–Kier alpha value is -2.10. The van der Waals surface area contributed by atoms with E-state index in [4.69, 9.17) is 0 Å². The Kier molecular flexibility index (Phi) is 11.6. The number of aromatic nitrogens is 2. The van der Waals surface area contributed by atoms with E-state index in [0.29, 0.717) is 25.6 Å². The highest BCUT2D eigenvalue weighted by atomic mass is 127. The quantitative estimate of drug-likeness (QED) is 0.300. The molecule has 0 saturated carbocycles. The number of likely N-dealkylation sites (N-methyl/N-ethyl adjacent to an activating group) is 1. The van der Waals surface area contributed by atoms with E-state index in [2.05, 4.69) is 35.5 Å². The van der Waals surface area contributed by atoms with E-state index < -0.39 is 0 Å². The van der Waals surface area contributed by atoms with Gasteiger partial charge in [0.2, 0.25) is 5.91 Å². The first-order chi connectivity index (χ1) is 14.3. The van der Waals surface area contributed by atoms with Crippen LogP contribution in [0, 0.1) is 0 Å². The second-order valence-electron chi connectivity index (χ2n) is 7.79. The summed E-state index contributed by atoms with van der Waals surface area (Å²) in [5.41, 5.74) is 3.39. The van der Waals surface area contributed by atoms with E-state index in [9.17, 15) is 4.79 Å². The molecule has 0 fully saturated rings. The van der Waals surface area contributed by atoms with Gasteiger partial charge in [0.05, 0.1) is 5.69 Å². The number of hydrogen-bond acceptors (Lipinski definition) is 3. The molecule has 0 saturated heterocycles. The smallest absolute Gasteiger partial charge is 0.244 e. The Labute approximate surface area is 203 Å². The van der Waals surface area contributed by atoms with Crippen LogP contribution < -0.4 is 5.32 Å². The van der Waals surface area contributed by atoms with Gasteiger partial charge in [-0.2, -0.15) is 5.10 Å². The number of aryl methyl sites for hydroxylation is 1. The third-order valence-electron chi connectivity index (χ3n) is 4.90. The number of guanidine groups is 1. The largest absolute Gasteiger partial charge is 0.357 e. The SMILES string of the molecule is CCNC(=NCC(=O)N(CC)Cc1ccccc1)N(C)Cc1cn(C)nc1C(C)C.I. The van der Waals surface area contributed by atoms with Crippen LogP contribution in [0.1, 0.15) is 50.4 Å². The number of benzene rings is 1. The maximum atomic E-state index is 12.8. The maximum Gasteiger partial charge on any atom is 0.244 e. The summed E-state index contributed by atoms with van der Waals surface area (Å²) in [6.07, 6.45) is 2.05. The van der Waals surface area contributed by atoms with Gasteiger partial charge >= 0.3 is 0 Å². The van der Waals surface area contributed by atoms with Gasteiger partial charge in [0.1, 0.15) is 6.54 Å². The molecule has 0 atom stereocenters. The molecule has 0 radical (unpaired) electrons. The molecule has 0 aliphatic rings. The van der Waals surface area contributed by atoms with Crippen molar-refractivity contribution in [1.29, 1.82) is 0 Å². The Bertz CT molecular complexity index is 834. The zero-order chi connectivity index (χ0) is 22.1. The Balaban J connectivity index is 0.00000480. The zero-order valence-electron chi connectivity index (χ0n) is 19.6. The summed E-state index contributed by atoms with van der Waals surface area (Å²) >= 11 is 0. The molecule has 1 amide bonds. The van der Waals surface area contributed by atoms with Crippen LogP contribution in [-0.4, -0.2) is 58.1 Å². The maximum absolute atomic E-state index is 12.8. The second-order valence-corrected chi connectivity index (χ2v) is 7.79. The molecule has 0 aliphatic carbocycles. The molecule has 1 N–H and O–H groups in total. The van der Waals surface area contributed by atoms with Crippen LogP contribution in [0.15, 0.2) is 41.5 Å². The minimum Gasteiger partial charge on any atom is -0.357 e. The van der Waals surface area contributed by atoms with Crippen molar-refractivity contribution in [1.82, 2.24) is 24.9 Å².